The quantitative estimate of drug-likeness (QED) is 0.504. The highest BCUT2D eigenvalue weighted by Crippen LogP contribution is 2.28. The largest absolute Gasteiger partial charge is 0.445 e. The predicted octanol–water partition coefficient (Wildman–Crippen LogP) is 5.31. The SMILES string of the molecule is C=C[C@H]1CCC[C@@H](CCCCC)N1C(=O)OCc1ccccc1. The zero-order chi connectivity index (χ0) is 16.5. The summed E-state index contributed by atoms with van der Waals surface area (Å²) < 4.78 is 5.58. The Morgan fingerprint density at radius 3 is 2.78 bits per heavy atom. The number of amides is 1. The molecule has 1 amide bonds. The lowest BCUT2D eigenvalue weighted by molar-refractivity contribution is 0.0499. The van der Waals surface area contributed by atoms with Gasteiger partial charge in [0.1, 0.15) is 6.61 Å². The summed E-state index contributed by atoms with van der Waals surface area (Å²) in [4.78, 5) is 14.6. The highest BCUT2D eigenvalue weighted by Gasteiger charge is 2.33. The normalized spacial score (nSPS) is 21.0. The van der Waals surface area contributed by atoms with Crippen molar-refractivity contribution in [2.75, 3.05) is 0 Å². The molecule has 3 nitrogen and oxygen atoms in total. The molecular weight excluding hydrogens is 286 g/mol. The van der Waals surface area contributed by atoms with Gasteiger partial charge in [-0.25, -0.2) is 4.79 Å². The van der Waals surface area contributed by atoms with Crippen molar-refractivity contribution in [1.29, 1.82) is 0 Å². The van der Waals surface area contributed by atoms with Crippen LogP contribution in [0.5, 0.6) is 0 Å². The number of likely N-dealkylation sites (tertiary alicyclic amines) is 1. The third kappa shape index (κ3) is 5.12. The Morgan fingerprint density at radius 2 is 2.09 bits per heavy atom. The lowest BCUT2D eigenvalue weighted by atomic mass is 9.92. The van der Waals surface area contributed by atoms with Crippen LogP contribution in [0.3, 0.4) is 0 Å². The van der Waals surface area contributed by atoms with E-state index in [1.807, 2.05) is 41.3 Å². The second-order valence-corrected chi connectivity index (χ2v) is 6.33. The zero-order valence-corrected chi connectivity index (χ0v) is 14.2. The Bertz CT molecular complexity index is 486. The second-order valence-electron chi connectivity index (χ2n) is 6.33. The Morgan fingerprint density at radius 1 is 1.30 bits per heavy atom. The van der Waals surface area contributed by atoms with Crippen molar-refractivity contribution in [1.82, 2.24) is 4.90 Å². The molecule has 3 heteroatoms. The minimum atomic E-state index is -0.194. The van der Waals surface area contributed by atoms with Gasteiger partial charge in [-0.1, -0.05) is 62.6 Å². The first kappa shape index (κ1) is 17.6. The number of carbonyl (C=O) groups is 1. The summed E-state index contributed by atoms with van der Waals surface area (Å²) in [5.74, 6) is 0. The molecule has 23 heavy (non-hydrogen) atoms. The fourth-order valence-corrected chi connectivity index (χ4v) is 3.33. The van der Waals surface area contributed by atoms with E-state index in [1.54, 1.807) is 0 Å². The summed E-state index contributed by atoms with van der Waals surface area (Å²) in [6.07, 6.45) is 9.61. The Balaban J connectivity index is 1.97. The van der Waals surface area contributed by atoms with E-state index in [9.17, 15) is 4.79 Å². The highest BCUT2D eigenvalue weighted by atomic mass is 16.6. The Hall–Kier alpha value is -1.77. The van der Waals surface area contributed by atoms with E-state index in [1.165, 1.54) is 19.3 Å². The molecule has 0 radical (unpaired) electrons. The average molecular weight is 315 g/mol. The summed E-state index contributed by atoms with van der Waals surface area (Å²) in [5, 5.41) is 0. The second kappa shape index (κ2) is 9.39. The van der Waals surface area contributed by atoms with Gasteiger partial charge in [-0.3, -0.25) is 4.90 Å². The maximum absolute atomic E-state index is 12.6. The molecule has 0 N–H and O–H groups in total. The lowest BCUT2D eigenvalue weighted by Gasteiger charge is -2.40. The van der Waals surface area contributed by atoms with Gasteiger partial charge >= 0.3 is 6.09 Å². The minimum absolute atomic E-state index is 0.110. The molecule has 0 unspecified atom stereocenters. The van der Waals surface area contributed by atoms with Gasteiger partial charge in [0.2, 0.25) is 0 Å². The van der Waals surface area contributed by atoms with Gasteiger partial charge in [0.15, 0.2) is 0 Å². The number of hydrogen-bond acceptors (Lipinski definition) is 2. The first-order valence-electron chi connectivity index (χ1n) is 8.87. The van der Waals surface area contributed by atoms with Crippen LogP contribution in [0.25, 0.3) is 0 Å². The first-order valence-corrected chi connectivity index (χ1v) is 8.87. The monoisotopic (exact) mass is 315 g/mol. The number of rotatable bonds is 7. The molecule has 2 atom stereocenters. The van der Waals surface area contributed by atoms with Crippen LogP contribution in [0.2, 0.25) is 0 Å². The van der Waals surface area contributed by atoms with Crippen LogP contribution in [-0.2, 0) is 11.3 Å². The van der Waals surface area contributed by atoms with Crippen molar-refractivity contribution in [3.63, 3.8) is 0 Å². The lowest BCUT2D eigenvalue weighted by Crippen LogP contribution is -2.49. The van der Waals surface area contributed by atoms with Gasteiger partial charge < -0.3 is 4.74 Å². The number of carbonyl (C=O) groups excluding carboxylic acids is 1. The maximum atomic E-state index is 12.6. The zero-order valence-electron chi connectivity index (χ0n) is 14.2. The van der Waals surface area contributed by atoms with E-state index < -0.39 is 0 Å². The minimum Gasteiger partial charge on any atom is -0.445 e. The molecule has 0 saturated carbocycles. The van der Waals surface area contributed by atoms with Gasteiger partial charge in [0, 0.05) is 6.04 Å². The van der Waals surface area contributed by atoms with Crippen LogP contribution in [0.1, 0.15) is 57.4 Å². The van der Waals surface area contributed by atoms with Crippen molar-refractivity contribution in [2.45, 2.75) is 70.6 Å². The van der Waals surface area contributed by atoms with Gasteiger partial charge in [-0.15, -0.1) is 6.58 Å². The van der Waals surface area contributed by atoms with Crippen molar-refractivity contribution < 1.29 is 9.53 Å². The molecule has 0 aliphatic carbocycles. The molecule has 2 rings (SSSR count). The number of unbranched alkanes of at least 4 members (excludes halogenated alkanes) is 2. The third-order valence-corrected chi connectivity index (χ3v) is 4.62. The molecule has 1 heterocycles. The van der Waals surface area contributed by atoms with Crippen LogP contribution in [0.15, 0.2) is 43.0 Å². The number of ether oxygens (including phenoxy) is 1. The molecule has 1 saturated heterocycles. The highest BCUT2D eigenvalue weighted by molar-refractivity contribution is 5.69. The van der Waals surface area contributed by atoms with Crippen molar-refractivity contribution >= 4 is 6.09 Å². The Labute approximate surface area is 140 Å². The molecule has 0 spiro atoms. The number of hydrogen-bond donors (Lipinski definition) is 0. The van der Waals surface area contributed by atoms with Crippen LogP contribution in [0.4, 0.5) is 4.79 Å². The summed E-state index contributed by atoms with van der Waals surface area (Å²) in [6, 6.07) is 10.3. The summed E-state index contributed by atoms with van der Waals surface area (Å²) in [6.45, 7) is 6.46. The van der Waals surface area contributed by atoms with E-state index in [4.69, 9.17) is 4.74 Å². The molecular formula is C20H29NO2. The van der Waals surface area contributed by atoms with Crippen LogP contribution in [0, 0.1) is 0 Å². The molecule has 1 aliphatic rings. The fourth-order valence-electron chi connectivity index (χ4n) is 3.33. The molecule has 1 aromatic rings. The van der Waals surface area contributed by atoms with Crippen molar-refractivity contribution in [2.24, 2.45) is 0 Å². The summed E-state index contributed by atoms with van der Waals surface area (Å²) in [5.41, 5.74) is 1.02. The van der Waals surface area contributed by atoms with E-state index in [-0.39, 0.29) is 12.1 Å². The van der Waals surface area contributed by atoms with Gasteiger partial charge in [0.05, 0.1) is 6.04 Å². The number of benzene rings is 1. The molecule has 1 aromatic carbocycles. The average Bonchev–Trinajstić information content (AvgIpc) is 2.60. The maximum Gasteiger partial charge on any atom is 0.410 e. The molecule has 1 aliphatic heterocycles. The third-order valence-electron chi connectivity index (χ3n) is 4.62. The van der Waals surface area contributed by atoms with Gasteiger partial charge in [0.25, 0.3) is 0 Å². The van der Waals surface area contributed by atoms with Crippen molar-refractivity contribution in [3.8, 4) is 0 Å². The molecule has 126 valence electrons. The van der Waals surface area contributed by atoms with Crippen LogP contribution in [-0.4, -0.2) is 23.1 Å². The van der Waals surface area contributed by atoms with E-state index in [2.05, 4.69) is 13.5 Å². The first-order chi connectivity index (χ1) is 11.3. The van der Waals surface area contributed by atoms with Crippen LogP contribution >= 0.6 is 0 Å². The molecule has 0 bridgehead atoms. The van der Waals surface area contributed by atoms with Gasteiger partial charge in [-0.05, 0) is 31.2 Å². The Kier molecular flexibility index (Phi) is 7.18. The smallest absolute Gasteiger partial charge is 0.410 e. The standard InChI is InChI=1S/C20H29NO2/c1-3-5-7-13-19-15-10-14-18(4-2)21(19)20(22)23-16-17-11-8-6-9-12-17/h4,6,8-9,11-12,18-19H,2-3,5,7,10,13-16H2,1H3/t18-,19+/m0/s1. The van der Waals surface area contributed by atoms with E-state index >= 15 is 0 Å². The van der Waals surface area contributed by atoms with E-state index in [0.29, 0.717) is 12.6 Å². The van der Waals surface area contributed by atoms with Crippen LogP contribution < -0.4 is 0 Å². The van der Waals surface area contributed by atoms with E-state index in [0.717, 1.165) is 31.2 Å². The predicted molar refractivity (Wildman–Crippen MR) is 94.2 cm³/mol. The summed E-state index contributed by atoms with van der Waals surface area (Å²) >= 11 is 0. The topological polar surface area (TPSA) is 29.5 Å². The fraction of sp³-hybridized carbons (Fsp3) is 0.550. The summed E-state index contributed by atoms with van der Waals surface area (Å²) in [7, 11) is 0. The number of piperidine rings is 1. The van der Waals surface area contributed by atoms with Crippen molar-refractivity contribution in [3.05, 3.63) is 48.6 Å². The molecule has 1 fully saturated rings. The molecule has 0 aromatic heterocycles. The number of nitrogens with zero attached hydrogens (tertiary/aromatic N) is 1. The van der Waals surface area contributed by atoms with Gasteiger partial charge in [-0.2, -0.15) is 0 Å².